The summed E-state index contributed by atoms with van der Waals surface area (Å²) in [5.74, 6) is 0.0338. The van der Waals surface area contributed by atoms with Gasteiger partial charge in [0.2, 0.25) is 10.0 Å². The van der Waals surface area contributed by atoms with Gasteiger partial charge in [-0.05, 0) is 57.5 Å². The molecule has 1 saturated heterocycles. The highest BCUT2D eigenvalue weighted by molar-refractivity contribution is 7.93. The van der Waals surface area contributed by atoms with Crippen molar-refractivity contribution in [1.29, 1.82) is 0 Å². The third-order valence-corrected chi connectivity index (χ3v) is 7.54. The zero-order chi connectivity index (χ0) is 19.3. The van der Waals surface area contributed by atoms with E-state index in [4.69, 9.17) is 0 Å². The number of amides is 1. The maximum atomic E-state index is 12.4. The molecule has 7 heteroatoms. The maximum Gasteiger partial charge on any atom is 0.251 e. The van der Waals surface area contributed by atoms with Gasteiger partial charge in [-0.3, -0.25) is 9.10 Å². The number of nitrogens with zero attached hydrogens (tertiary/aromatic N) is 2. The molecule has 0 atom stereocenters. The lowest BCUT2D eigenvalue weighted by Crippen LogP contribution is -2.35. The molecule has 0 aromatic heterocycles. The van der Waals surface area contributed by atoms with Gasteiger partial charge in [-0.25, -0.2) is 8.42 Å². The van der Waals surface area contributed by atoms with Crippen LogP contribution in [-0.2, 0) is 10.0 Å². The van der Waals surface area contributed by atoms with E-state index in [0.717, 1.165) is 13.0 Å². The molecule has 0 unspecified atom stereocenters. The van der Waals surface area contributed by atoms with Gasteiger partial charge in [0.05, 0.1) is 11.4 Å². The Balaban J connectivity index is 1.47. The van der Waals surface area contributed by atoms with Crippen LogP contribution >= 0.6 is 0 Å². The lowest BCUT2D eigenvalue weighted by atomic mass is 9.94. The summed E-state index contributed by atoms with van der Waals surface area (Å²) in [6.45, 7) is 2.10. The fraction of sp³-hybridized carbons (Fsp3) is 0.650. The quantitative estimate of drug-likeness (QED) is 0.723. The van der Waals surface area contributed by atoms with Gasteiger partial charge in [-0.2, -0.15) is 0 Å². The van der Waals surface area contributed by atoms with Crippen LogP contribution in [0.1, 0.15) is 55.3 Å². The summed E-state index contributed by atoms with van der Waals surface area (Å²) in [7, 11) is -1.05. The van der Waals surface area contributed by atoms with Crippen LogP contribution in [0.2, 0.25) is 0 Å². The number of carbonyl (C=O) groups is 1. The van der Waals surface area contributed by atoms with Crippen LogP contribution in [0, 0.1) is 0 Å². The van der Waals surface area contributed by atoms with Gasteiger partial charge in [-0.1, -0.05) is 25.3 Å². The van der Waals surface area contributed by atoms with E-state index in [1.807, 2.05) is 0 Å². The van der Waals surface area contributed by atoms with Gasteiger partial charge in [0.1, 0.15) is 0 Å². The number of nitrogens with one attached hydrogen (secondary N) is 1. The normalized spacial score (nSPS) is 20.1. The third-order valence-electron chi connectivity index (χ3n) is 5.67. The molecule has 150 valence electrons. The van der Waals surface area contributed by atoms with Crippen LogP contribution in [0.5, 0.6) is 0 Å². The Hall–Kier alpha value is -1.60. The summed E-state index contributed by atoms with van der Waals surface area (Å²) in [6.07, 6.45) is 8.14. The number of sulfonamides is 1. The van der Waals surface area contributed by atoms with E-state index < -0.39 is 10.0 Å². The molecular weight excluding hydrogens is 362 g/mol. The Morgan fingerprint density at radius 2 is 2.00 bits per heavy atom. The third kappa shape index (κ3) is 5.23. The molecule has 1 N–H and O–H groups in total. The molecule has 1 amide bonds. The first-order valence-corrected chi connectivity index (χ1v) is 11.7. The molecule has 1 aromatic carbocycles. The molecule has 0 spiro atoms. The van der Waals surface area contributed by atoms with Gasteiger partial charge >= 0.3 is 0 Å². The molecule has 1 aliphatic carbocycles. The van der Waals surface area contributed by atoms with Crippen molar-refractivity contribution in [3.05, 3.63) is 29.8 Å². The minimum absolute atomic E-state index is 0.145. The lowest BCUT2D eigenvalue weighted by Gasteiger charge is -2.31. The van der Waals surface area contributed by atoms with Gasteiger partial charge in [0, 0.05) is 24.7 Å². The summed E-state index contributed by atoms with van der Waals surface area (Å²) in [5, 5.41) is 2.96. The van der Waals surface area contributed by atoms with Gasteiger partial charge < -0.3 is 10.2 Å². The van der Waals surface area contributed by atoms with E-state index in [9.17, 15) is 13.2 Å². The molecular formula is C20H31N3O3S. The average molecular weight is 394 g/mol. The van der Waals surface area contributed by atoms with Crippen molar-refractivity contribution in [3.8, 4) is 0 Å². The number of hydrogen-bond acceptors (Lipinski definition) is 4. The summed E-state index contributed by atoms with van der Waals surface area (Å²) >= 11 is 0. The van der Waals surface area contributed by atoms with Crippen molar-refractivity contribution >= 4 is 21.6 Å². The Morgan fingerprint density at radius 1 is 1.22 bits per heavy atom. The number of hydrogen-bond donors (Lipinski definition) is 1. The molecule has 2 aliphatic rings. The van der Waals surface area contributed by atoms with E-state index >= 15 is 0 Å². The van der Waals surface area contributed by atoms with Crippen LogP contribution in [0.15, 0.2) is 24.3 Å². The molecule has 0 bridgehead atoms. The highest BCUT2D eigenvalue weighted by Gasteiger charge is 2.28. The van der Waals surface area contributed by atoms with Crippen molar-refractivity contribution in [2.75, 3.05) is 36.7 Å². The molecule has 1 heterocycles. The summed E-state index contributed by atoms with van der Waals surface area (Å²) in [4.78, 5) is 14.8. The van der Waals surface area contributed by atoms with Crippen LogP contribution < -0.4 is 9.62 Å². The van der Waals surface area contributed by atoms with Gasteiger partial charge in [-0.15, -0.1) is 0 Å². The second-order valence-electron chi connectivity index (χ2n) is 7.67. The number of rotatable bonds is 7. The zero-order valence-corrected chi connectivity index (χ0v) is 17.0. The average Bonchev–Trinajstić information content (AvgIpc) is 3.04. The van der Waals surface area contributed by atoms with Gasteiger partial charge in [0.15, 0.2) is 0 Å². The minimum Gasteiger partial charge on any atom is -0.352 e. The topological polar surface area (TPSA) is 69.7 Å². The Bertz CT molecular complexity index is 745. The summed E-state index contributed by atoms with van der Waals surface area (Å²) in [5.41, 5.74) is 1.09. The zero-order valence-electron chi connectivity index (χ0n) is 16.2. The van der Waals surface area contributed by atoms with Crippen LogP contribution in [0.25, 0.3) is 0 Å². The molecule has 1 aliphatic heterocycles. The molecule has 6 nitrogen and oxygen atoms in total. The summed E-state index contributed by atoms with van der Waals surface area (Å²) in [6, 6.07) is 7.59. The predicted octanol–water partition coefficient (Wildman–Crippen LogP) is 2.61. The smallest absolute Gasteiger partial charge is 0.251 e. The first-order chi connectivity index (χ1) is 13.0. The molecule has 1 aromatic rings. The Labute approximate surface area is 163 Å². The van der Waals surface area contributed by atoms with E-state index in [2.05, 4.69) is 17.3 Å². The van der Waals surface area contributed by atoms with Crippen molar-refractivity contribution in [1.82, 2.24) is 10.2 Å². The molecule has 2 fully saturated rings. The van der Waals surface area contributed by atoms with Crippen molar-refractivity contribution in [2.24, 2.45) is 0 Å². The molecule has 1 saturated carbocycles. The molecule has 3 rings (SSSR count). The lowest BCUT2D eigenvalue weighted by molar-refractivity contribution is 0.0950. The van der Waals surface area contributed by atoms with Crippen molar-refractivity contribution < 1.29 is 13.2 Å². The first kappa shape index (κ1) is 20.1. The fourth-order valence-electron chi connectivity index (χ4n) is 4.07. The highest BCUT2D eigenvalue weighted by Crippen LogP contribution is 2.25. The number of benzene rings is 1. The Morgan fingerprint density at radius 3 is 2.70 bits per heavy atom. The number of carbonyl (C=O) groups excluding carboxylic acids is 1. The first-order valence-electron chi connectivity index (χ1n) is 10.1. The van der Waals surface area contributed by atoms with Crippen LogP contribution in [0.4, 0.5) is 5.69 Å². The Kier molecular flexibility index (Phi) is 6.76. The second kappa shape index (κ2) is 9.06. The van der Waals surface area contributed by atoms with Crippen molar-refractivity contribution in [2.45, 2.75) is 51.0 Å². The number of anilines is 1. The van der Waals surface area contributed by atoms with E-state index in [1.54, 1.807) is 24.3 Å². The maximum absolute atomic E-state index is 12.4. The predicted molar refractivity (Wildman–Crippen MR) is 109 cm³/mol. The largest absolute Gasteiger partial charge is 0.352 e. The van der Waals surface area contributed by atoms with Crippen molar-refractivity contribution in [3.63, 3.8) is 0 Å². The summed E-state index contributed by atoms with van der Waals surface area (Å²) < 4.78 is 25.5. The SMILES string of the molecule is CN(CCCNC(=O)c1cccc(N2CCCS2(=O)=O)c1)C1CCCCC1. The second-order valence-corrected chi connectivity index (χ2v) is 9.69. The standard InChI is InChI=1S/C20H31N3O3S/c1-22(18-9-3-2-4-10-18)13-6-12-21-20(24)17-8-5-11-19(16-17)23-14-7-15-27(23,25)26/h5,8,11,16,18H,2-4,6-7,9-10,12-15H2,1H3,(H,21,24). The minimum atomic E-state index is -3.23. The molecule has 27 heavy (non-hydrogen) atoms. The van der Waals surface area contributed by atoms with E-state index in [1.165, 1.54) is 36.4 Å². The van der Waals surface area contributed by atoms with E-state index in [0.29, 0.717) is 36.8 Å². The van der Waals surface area contributed by atoms with Gasteiger partial charge in [0.25, 0.3) is 5.91 Å². The fourth-order valence-corrected chi connectivity index (χ4v) is 5.62. The van der Waals surface area contributed by atoms with Crippen LogP contribution in [-0.4, -0.2) is 57.7 Å². The monoisotopic (exact) mass is 393 g/mol. The van der Waals surface area contributed by atoms with E-state index in [-0.39, 0.29) is 11.7 Å². The highest BCUT2D eigenvalue weighted by atomic mass is 32.2. The molecule has 0 radical (unpaired) electrons. The van der Waals surface area contributed by atoms with Crippen LogP contribution in [0.3, 0.4) is 0 Å².